The van der Waals surface area contributed by atoms with Crippen LogP contribution in [0.2, 0.25) is 0 Å². The van der Waals surface area contributed by atoms with Gasteiger partial charge >= 0.3 is 0 Å². The van der Waals surface area contributed by atoms with Crippen LogP contribution in [0.25, 0.3) is 0 Å². The number of benzene rings is 2. The third-order valence-corrected chi connectivity index (χ3v) is 4.67. The fourth-order valence-electron chi connectivity index (χ4n) is 3.38. The zero-order valence-corrected chi connectivity index (χ0v) is 14.3. The van der Waals surface area contributed by atoms with E-state index in [-0.39, 0.29) is 5.91 Å². The Kier molecular flexibility index (Phi) is 5.62. The van der Waals surface area contributed by atoms with E-state index in [1.165, 1.54) is 16.0 Å². The van der Waals surface area contributed by atoms with Gasteiger partial charge in [-0.1, -0.05) is 48.0 Å². The van der Waals surface area contributed by atoms with Gasteiger partial charge in [-0.3, -0.25) is 4.79 Å². The van der Waals surface area contributed by atoms with Crippen LogP contribution in [-0.4, -0.2) is 38.6 Å². The average molecular weight is 325 g/mol. The lowest BCUT2D eigenvalue weighted by Crippen LogP contribution is -3.28. The van der Waals surface area contributed by atoms with Crippen molar-refractivity contribution < 1.29 is 14.6 Å². The molecule has 1 heterocycles. The standard InChI is InChI=1S/C20H25N3O/c1-17-6-5-7-18(14-17)15-22-10-12-23(13-11-22)16-20(24)21-19-8-3-2-4-9-19/h2-9,14H,10-13,15-16H2,1H3,(H,21,24)/p+2. The molecule has 0 bridgehead atoms. The van der Waals surface area contributed by atoms with Gasteiger partial charge in [-0.2, -0.15) is 0 Å². The van der Waals surface area contributed by atoms with E-state index < -0.39 is 0 Å². The van der Waals surface area contributed by atoms with Crippen molar-refractivity contribution in [3.05, 3.63) is 65.7 Å². The topological polar surface area (TPSA) is 38.0 Å². The fraction of sp³-hybridized carbons (Fsp3) is 0.350. The van der Waals surface area contributed by atoms with Crippen LogP contribution < -0.4 is 15.1 Å². The maximum Gasteiger partial charge on any atom is 0.279 e. The molecule has 0 aliphatic carbocycles. The van der Waals surface area contributed by atoms with Crippen molar-refractivity contribution >= 4 is 11.6 Å². The summed E-state index contributed by atoms with van der Waals surface area (Å²) < 4.78 is 0. The molecule has 0 unspecified atom stereocenters. The van der Waals surface area contributed by atoms with E-state index in [0.717, 1.165) is 38.4 Å². The first-order chi connectivity index (χ1) is 11.7. The second-order valence-electron chi connectivity index (χ2n) is 6.76. The predicted molar refractivity (Wildman–Crippen MR) is 96.2 cm³/mol. The van der Waals surface area contributed by atoms with E-state index in [2.05, 4.69) is 36.5 Å². The molecule has 1 saturated heterocycles. The Morgan fingerprint density at radius 1 is 0.958 bits per heavy atom. The quantitative estimate of drug-likeness (QED) is 0.707. The number of hydrogen-bond acceptors (Lipinski definition) is 1. The number of piperazine rings is 1. The number of anilines is 1. The highest BCUT2D eigenvalue weighted by Gasteiger charge is 2.24. The molecule has 1 amide bonds. The summed E-state index contributed by atoms with van der Waals surface area (Å²) >= 11 is 0. The van der Waals surface area contributed by atoms with Gasteiger partial charge in [-0.25, -0.2) is 0 Å². The molecular formula is C20H27N3O+2. The molecule has 1 aliphatic heterocycles. The SMILES string of the molecule is Cc1cccc(C[NH+]2CC[NH+](CC(=O)Nc3ccccc3)CC2)c1. The summed E-state index contributed by atoms with van der Waals surface area (Å²) in [5.74, 6) is 0.110. The Balaban J connectivity index is 1.42. The molecule has 4 heteroatoms. The van der Waals surface area contributed by atoms with Gasteiger partial charge < -0.3 is 15.1 Å². The molecule has 0 saturated carbocycles. The number of nitrogens with one attached hydrogen (secondary N) is 3. The van der Waals surface area contributed by atoms with Gasteiger partial charge in [0.05, 0.1) is 0 Å². The van der Waals surface area contributed by atoms with Crippen LogP contribution in [0, 0.1) is 6.92 Å². The molecule has 3 N–H and O–H groups in total. The average Bonchev–Trinajstić information content (AvgIpc) is 2.57. The van der Waals surface area contributed by atoms with E-state index >= 15 is 0 Å². The van der Waals surface area contributed by atoms with Crippen molar-refractivity contribution in [3.63, 3.8) is 0 Å². The molecule has 1 aliphatic rings. The molecular weight excluding hydrogens is 298 g/mol. The number of aryl methyl sites for hydroxylation is 1. The third-order valence-electron chi connectivity index (χ3n) is 4.67. The zero-order chi connectivity index (χ0) is 16.8. The fourth-order valence-corrected chi connectivity index (χ4v) is 3.38. The minimum atomic E-state index is 0.110. The largest absolute Gasteiger partial charge is 0.322 e. The summed E-state index contributed by atoms with van der Waals surface area (Å²) in [5.41, 5.74) is 3.62. The second-order valence-corrected chi connectivity index (χ2v) is 6.76. The van der Waals surface area contributed by atoms with Crippen molar-refractivity contribution in [2.45, 2.75) is 13.5 Å². The number of hydrogen-bond donors (Lipinski definition) is 3. The van der Waals surface area contributed by atoms with E-state index in [1.54, 1.807) is 4.90 Å². The number of amides is 1. The Bertz CT molecular complexity index is 664. The zero-order valence-electron chi connectivity index (χ0n) is 14.3. The summed E-state index contributed by atoms with van der Waals surface area (Å²) in [7, 11) is 0. The van der Waals surface area contributed by atoms with Crippen LogP contribution in [0.15, 0.2) is 54.6 Å². The normalized spacial score (nSPS) is 20.5. The van der Waals surface area contributed by atoms with Gasteiger partial charge in [0.25, 0.3) is 5.91 Å². The Hall–Kier alpha value is -2.17. The van der Waals surface area contributed by atoms with Crippen LogP contribution in [-0.2, 0) is 11.3 Å². The highest BCUT2D eigenvalue weighted by molar-refractivity contribution is 5.91. The highest BCUT2D eigenvalue weighted by Crippen LogP contribution is 2.04. The monoisotopic (exact) mass is 325 g/mol. The molecule has 2 aromatic carbocycles. The highest BCUT2D eigenvalue weighted by atomic mass is 16.2. The second kappa shape index (κ2) is 8.08. The van der Waals surface area contributed by atoms with Crippen molar-refractivity contribution in [3.8, 4) is 0 Å². The first kappa shape index (κ1) is 16.7. The molecule has 0 spiro atoms. The van der Waals surface area contributed by atoms with Crippen LogP contribution >= 0.6 is 0 Å². The van der Waals surface area contributed by atoms with Crippen molar-refractivity contribution in [1.82, 2.24) is 0 Å². The lowest BCUT2D eigenvalue weighted by Gasteiger charge is -2.29. The van der Waals surface area contributed by atoms with Gasteiger partial charge in [-0.05, 0) is 19.1 Å². The summed E-state index contributed by atoms with van der Waals surface area (Å²) in [6.07, 6.45) is 0. The summed E-state index contributed by atoms with van der Waals surface area (Å²) in [4.78, 5) is 15.2. The van der Waals surface area contributed by atoms with Gasteiger partial charge in [0.15, 0.2) is 6.54 Å². The minimum Gasteiger partial charge on any atom is -0.322 e. The molecule has 0 atom stereocenters. The van der Waals surface area contributed by atoms with E-state index in [4.69, 9.17) is 0 Å². The maximum absolute atomic E-state index is 12.2. The molecule has 126 valence electrons. The van der Waals surface area contributed by atoms with Crippen LogP contribution in [0.3, 0.4) is 0 Å². The molecule has 0 radical (unpaired) electrons. The van der Waals surface area contributed by atoms with Crippen LogP contribution in [0.5, 0.6) is 0 Å². The summed E-state index contributed by atoms with van der Waals surface area (Å²) in [6, 6.07) is 18.5. The van der Waals surface area contributed by atoms with Crippen molar-refractivity contribution in [2.75, 3.05) is 38.0 Å². The van der Waals surface area contributed by atoms with Crippen molar-refractivity contribution in [2.24, 2.45) is 0 Å². The van der Waals surface area contributed by atoms with Crippen LogP contribution in [0.1, 0.15) is 11.1 Å². The van der Waals surface area contributed by atoms with E-state index in [0.29, 0.717) is 6.54 Å². The van der Waals surface area contributed by atoms with Gasteiger partial charge in [-0.15, -0.1) is 0 Å². The third kappa shape index (κ3) is 4.91. The first-order valence-electron chi connectivity index (χ1n) is 8.76. The number of carbonyl (C=O) groups is 1. The van der Waals surface area contributed by atoms with Gasteiger partial charge in [0, 0.05) is 11.3 Å². The summed E-state index contributed by atoms with van der Waals surface area (Å²) in [5, 5.41) is 2.98. The predicted octanol–water partition coefficient (Wildman–Crippen LogP) is -0.0829. The Morgan fingerprint density at radius 2 is 1.67 bits per heavy atom. The van der Waals surface area contributed by atoms with Gasteiger partial charge in [0.2, 0.25) is 0 Å². The molecule has 24 heavy (non-hydrogen) atoms. The molecule has 2 aromatic rings. The van der Waals surface area contributed by atoms with Crippen LogP contribution in [0.4, 0.5) is 5.69 Å². The molecule has 3 rings (SSSR count). The first-order valence-corrected chi connectivity index (χ1v) is 8.76. The molecule has 1 fully saturated rings. The molecule has 4 nitrogen and oxygen atoms in total. The lowest BCUT2D eigenvalue weighted by atomic mass is 10.1. The van der Waals surface area contributed by atoms with Crippen molar-refractivity contribution in [1.29, 1.82) is 0 Å². The number of para-hydroxylation sites is 1. The summed E-state index contributed by atoms with van der Waals surface area (Å²) in [6.45, 7) is 8.17. The van der Waals surface area contributed by atoms with Gasteiger partial charge in [0.1, 0.15) is 32.7 Å². The number of quaternary nitrogens is 2. The minimum absolute atomic E-state index is 0.110. The Morgan fingerprint density at radius 3 is 2.38 bits per heavy atom. The maximum atomic E-state index is 12.2. The van der Waals surface area contributed by atoms with E-state index in [1.807, 2.05) is 30.3 Å². The molecule has 0 aromatic heterocycles. The van der Waals surface area contributed by atoms with E-state index in [9.17, 15) is 4.79 Å². The lowest BCUT2D eigenvalue weighted by molar-refractivity contribution is -1.02. The number of carbonyl (C=O) groups excluding carboxylic acids is 1. The Labute approximate surface area is 144 Å². The smallest absolute Gasteiger partial charge is 0.279 e. The number of rotatable bonds is 5.